The third kappa shape index (κ3) is 4.16. The number of aromatic nitrogens is 2. The number of rotatable bonds is 4. The number of aromatic amines is 1. The molecule has 5 heterocycles. The number of benzene rings is 1. The molecule has 2 N–H and O–H groups in total. The Bertz CT molecular complexity index is 1580. The quantitative estimate of drug-likeness (QED) is 0.418. The number of carbonyl (C=O) groups is 3. The van der Waals surface area contributed by atoms with E-state index in [0.717, 1.165) is 5.52 Å². The number of para-hydroxylation sites is 1. The van der Waals surface area contributed by atoms with Gasteiger partial charge in [0.1, 0.15) is 17.6 Å². The second kappa shape index (κ2) is 8.97. The number of nitrogens with zero attached hydrogens (tertiary/aromatic N) is 3. The molecule has 0 saturated carbocycles. The Morgan fingerprint density at radius 2 is 1.77 bits per heavy atom. The lowest BCUT2D eigenvalue weighted by molar-refractivity contribution is -0.138. The van der Waals surface area contributed by atoms with E-state index in [-0.39, 0.29) is 41.0 Å². The predicted octanol–water partition coefficient (Wildman–Crippen LogP) is 4.08. The van der Waals surface area contributed by atoms with Gasteiger partial charge in [0.25, 0.3) is 11.8 Å². The summed E-state index contributed by atoms with van der Waals surface area (Å²) >= 11 is 0. The number of pyridine rings is 1. The fourth-order valence-electron chi connectivity index (χ4n) is 6.12. The monoisotopic (exact) mass is 529 g/mol. The van der Waals surface area contributed by atoms with E-state index in [9.17, 15) is 18.8 Å². The molecule has 8 nitrogen and oxygen atoms in total. The van der Waals surface area contributed by atoms with E-state index < -0.39 is 23.2 Å². The Hall–Kier alpha value is -4.14. The maximum atomic E-state index is 14.2. The highest BCUT2D eigenvalue weighted by Gasteiger charge is 2.54. The van der Waals surface area contributed by atoms with Gasteiger partial charge in [-0.15, -0.1) is 0 Å². The molecule has 3 amide bonds. The SMILES string of the molecule is C[C@H]1C2CN(C(=O)c3cc4ccccn4c3)[C@@H]1CN2C(=O)[C@@H](NC(=O)c1cc2cccc(F)c2[nH]1)C(C)(C)C. The molecule has 0 aliphatic carbocycles. The minimum absolute atomic E-state index is 0.0307. The maximum Gasteiger partial charge on any atom is 0.268 e. The highest BCUT2D eigenvalue weighted by Crippen LogP contribution is 2.38. The first-order valence-corrected chi connectivity index (χ1v) is 13.3. The van der Waals surface area contributed by atoms with Crippen molar-refractivity contribution in [2.75, 3.05) is 13.1 Å². The molecular formula is C30H32FN5O3. The molecule has 202 valence electrons. The molecule has 0 spiro atoms. The van der Waals surface area contributed by atoms with Crippen LogP contribution < -0.4 is 5.32 Å². The van der Waals surface area contributed by atoms with Crippen molar-refractivity contribution in [1.82, 2.24) is 24.5 Å². The van der Waals surface area contributed by atoms with Crippen molar-refractivity contribution in [3.63, 3.8) is 0 Å². The second-order valence-electron chi connectivity index (χ2n) is 11.9. The van der Waals surface area contributed by atoms with Crippen LogP contribution in [0.15, 0.2) is 60.9 Å². The Morgan fingerprint density at radius 1 is 1.03 bits per heavy atom. The lowest BCUT2D eigenvalue weighted by Gasteiger charge is -2.39. The first-order chi connectivity index (χ1) is 18.5. The van der Waals surface area contributed by atoms with Gasteiger partial charge in [0, 0.05) is 42.3 Å². The van der Waals surface area contributed by atoms with Crippen molar-refractivity contribution in [2.45, 2.75) is 45.8 Å². The molecule has 1 aromatic carbocycles. The molecule has 2 aliphatic rings. The largest absolute Gasteiger partial charge is 0.348 e. The summed E-state index contributed by atoms with van der Waals surface area (Å²) in [6, 6.07) is 12.9. The lowest BCUT2D eigenvalue weighted by Crippen LogP contribution is -2.59. The van der Waals surface area contributed by atoms with E-state index in [2.05, 4.69) is 17.2 Å². The number of hydrogen-bond donors (Lipinski definition) is 2. The molecular weight excluding hydrogens is 497 g/mol. The van der Waals surface area contributed by atoms with E-state index >= 15 is 0 Å². The molecule has 3 aromatic heterocycles. The summed E-state index contributed by atoms with van der Waals surface area (Å²) in [6.45, 7) is 8.68. The van der Waals surface area contributed by atoms with Crippen molar-refractivity contribution in [1.29, 1.82) is 0 Å². The molecule has 6 rings (SSSR count). The summed E-state index contributed by atoms with van der Waals surface area (Å²) < 4.78 is 16.1. The van der Waals surface area contributed by atoms with Gasteiger partial charge in [-0.05, 0) is 35.7 Å². The third-order valence-electron chi connectivity index (χ3n) is 8.32. The van der Waals surface area contributed by atoms with E-state index in [1.165, 1.54) is 6.07 Å². The Morgan fingerprint density at radius 3 is 2.44 bits per heavy atom. The minimum atomic E-state index is -0.797. The summed E-state index contributed by atoms with van der Waals surface area (Å²) in [5.41, 5.74) is 1.47. The zero-order valence-electron chi connectivity index (χ0n) is 22.4. The van der Waals surface area contributed by atoms with Crippen molar-refractivity contribution < 1.29 is 18.8 Å². The molecule has 1 unspecified atom stereocenters. The molecule has 4 aromatic rings. The number of halogens is 1. The van der Waals surface area contributed by atoms with Gasteiger partial charge in [-0.1, -0.05) is 45.9 Å². The van der Waals surface area contributed by atoms with Crippen molar-refractivity contribution in [3.05, 3.63) is 78.0 Å². The van der Waals surface area contributed by atoms with Crippen LogP contribution in [0.2, 0.25) is 0 Å². The number of hydrogen-bond acceptors (Lipinski definition) is 3. The van der Waals surface area contributed by atoms with Crippen LogP contribution in [0, 0.1) is 17.2 Å². The van der Waals surface area contributed by atoms with Crippen LogP contribution in [0.1, 0.15) is 48.5 Å². The van der Waals surface area contributed by atoms with E-state index in [0.29, 0.717) is 24.0 Å². The molecule has 2 saturated heterocycles. The van der Waals surface area contributed by atoms with Crippen LogP contribution in [0.25, 0.3) is 16.4 Å². The van der Waals surface area contributed by atoms with Gasteiger partial charge in [-0.2, -0.15) is 0 Å². The topological polar surface area (TPSA) is 89.9 Å². The summed E-state index contributed by atoms with van der Waals surface area (Å²) in [7, 11) is 0. The smallest absolute Gasteiger partial charge is 0.268 e. The van der Waals surface area contributed by atoms with E-state index in [1.54, 1.807) is 18.2 Å². The van der Waals surface area contributed by atoms with E-state index in [1.807, 2.05) is 71.6 Å². The minimum Gasteiger partial charge on any atom is -0.348 e. The molecule has 2 aliphatic heterocycles. The van der Waals surface area contributed by atoms with Crippen molar-refractivity contribution in [3.8, 4) is 0 Å². The number of carbonyl (C=O) groups excluding carboxylic acids is 3. The van der Waals surface area contributed by atoms with Gasteiger partial charge < -0.3 is 24.5 Å². The summed E-state index contributed by atoms with van der Waals surface area (Å²) in [6.07, 6.45) is 3.76. The van der Waals surface area contributed by atoms with Crippen molar-refractivity contribution >= 4 is 34.1 Å². The molecule has 39 heavy (non-hydrogen) atoms. The number of likely N-dealkylation sites (tertiary alicyclic amines) is 2. The van der Waals surface area contributed by atoms with Gasteiger partial charge in [-0.3, -0.25) is 14.4 Å². The fourth-order valence-corrected chi connectivity index (χ4v) is 6.12. The highest BCUT2D eigenvalue weighted by molar-refractivity contribution is 6.01. The van der Waals surface area contributed by atoms with Gasteiger partial charge in [-0.25, -0.2) is 4.39 Å². The molecule has 2 bridgehead atoms. The zero-order valence-corrected chi connectivity index (χ0v) is 22.4. The number of H-pyrrole nitrogens is 1. The van der Waals surface area contributed by atoms with Crippen LogP contribution in [-0.2, 0) is 4.79 Å². The number of fused-ring (bicyclic) bond motifs is 4. The zero-order chi connectivity index (χ0) is 27.6. The first-order valence-electron chi connectivity index (χ1n) is 13.3. The van der Waals surface area contributed by atoms with Gasteiger partial charge in [0.05, 0.1) is 23.2 Å². The van der Waals surface area contributed by atoms with E-state index in [4.69, 9.17) is 0 Å². The van der Waals surface area contributed by atoms with Crippen molar-refractivity contribution in [2.24, 2.45) is 11.3 Å². The average molecular weight is 530 g/mol. The highest BCUT2D eigenvalue weighted by atomic mass is 19.1. The van der Waals surface area contributed by atoms with Crippen LogP contribution >= 0.6 is 0 Å². The standard InChI is InChI=1S/C30H32FN5O3/c1-17-23-16-36(24(17)15-35(23)28(38)19-12-20-9-5-6-11-34(20)14-19)29(39)26(30(2,3)4)33-27(37)22-13-18-8-7-10-21(31)25(18)32-22/h5-14,17,23-24,26,32H,15-16H2,1-4H3,(H,33,37)/t17-,23-,24?,26-/m1/s1. The molecule has 4 atom stereocenters. The van der Waals surface area contributed by atoms with Crippen LogP contribution in [-0.4, -0.2) is 68.1 Å². The molecule has 2 fully saturated rings. The Kier molecular flexibility index (Phi) is 5.78. The second-order valence-corrected chi connectivity index (χ2v) is 11.9. The number of nitrogens with one attached hydrogen (secondary N) is 2. The maximum absolute atomic E-state index is 14.2. The number of piperazine rings is 1. The first kappa shape index (κ1) is 25.2. The average Bonchev–Trinajstić information content (AvgIpc) is 3.67. The summed E-state index contributed by atoms with van der Waals surface area (Å²) in [4.78, 5) is 47.1. The number of amides is 3. The summed E-state index contributed by atoms with van der Waals surface area (Å²) in [5, 5.41) is 3.50. The molecule has 9 heteroatoms. The Labute approximate surface area is 225 Å². The predicted molar refractivity (Wildman–Crippen MR) is 146 cm³/mol. The fraction of sp³-hybridized carbons (Fsp3) is 0.367. The van der Waals surface area contributed by atoms with Crippen LogP contribution in [0.5, 0.6) is 0 Å². The lowest BCUT2D eigenvalue weighted by atomic mass is 9.85. The van der Waals surface area contributed by atoms with Gasteiger partial charge >= 0.3 is 0 Å². The Balaban J connectivity index is 1.20. The molecule has 0 radical (unpaired) electrons. The van der Waals surface area contributed by atoms with Gasteiger partial charge in [0.2, 0.25) is 5.91 Å². The van der Waals surface area contributed by atoms with Crippen LogP contribution in [0.3, 0.4) is 0 Å². The normalized spacial score (nSPS) is 21.6. The van der Waals surface area contributed by atoms with Gasteiger partial charge in [0.15, 0.2) is 0 Å². The third-order valence-corrected chi connectivity index (χ3v) is 8.32. The van der Waals surface area contributed by atoms with Crippen LogP contribution in [0.4, 0.5) is 4.39 Å². The summed E-state index contributed by atoms with van der Waals surface area (Å²) in [5.74, 6) is -0.988.